The summed E-state index contributed by atoms with van der Waals surface area (Å²) in [5, 5.41) is 3.66. The van der Waals surface area contributed by atoms with Crippen molar-refractivity contribution in [3.05, 3.63) is 65.7 Å². The molecule has 2 nitrogen and oxygen atoms in total. The first-order chi connectivity index (χ1) is 10.5. The van der Waals surface area contributed by atoms with Crippen molar-refractivity contribution >= 4 is 0 Å². The summed E-state index contributed by atoms with van der Waals surface area (Å²) in [5.41, 5.74) is 0.552. The van der Waals surface area contributed by atoms with E-state index >= 15 is 0 Å². The van der Waals surface area contributed by atoms with Crippen LogP contribution in [0.15, 0.2) is 59.1 Å². The highest BCUT2D eigenvalue weighted by Gasteiger charge is 2.41. The topological polar surface area (TPSA) is 26.0 Å². The molecule has 0 aliphatic rings. The highest BCUT2D eigenvalue weighted by Crippen LogP contribution is 2.43. The van der Waals surface area contributed by atoms with E-state index in [4.69, 9.17) is 4.52 Å². The second kappa shape index (κ2) is 5.33. The number of rotatable bonds is 2. The van der Waals surface area contributed by atoms with Crippen molar-refractivity contribution in [3.8, 4) is 22.6 Å². The molecule has 0 bridgehead atoms. The molecule has 3 aromatic rings. The molecular weight excluding hydrogens is 291 g/mol. The number of hydrogen-bond donors (Lipinski definition) is 0. The van der Waals surface area contributed by atoms with Crippen LogP contribution in [-0.4, -0.2) is 5.16 Å². The number of aromatic nitrogens is 1. The van der Waals surface area contributed by atoms with Crippen molar-refractivity contribution in [2.24, 2.45) is 0 Å². The number of halogens is 3. The van der Waals surface area contributed by atoms with Crippen molar-refractivity contribution in [1.82, 2.24) is 5.16 Å². The van der Waals surface area contributed by atoms with Crippen LogP contribution in [0.4, 0.5) is 13.2 Å². The molecule has 0 radical (unpaired) electrons. The Morgan fingerprint density at radius 3 is 2.23 bits per heavy atom. The summed E-state index contributed by atoms with van der Waals surface area (Å²) in [5.74, 6) is -0.255. The van der Waals surface area contributed by atoms with Gasteiger partial charge in [-0.25, -0.2) is 0 Å². The van der Waals surface area contributed by atoms with Crippen LogP contribution in [0.3, 0.4) is 0 Å². The van der Waals surface area contributed by atoms with Gasteiger partial charge < -0.3 is 4.52 Å². The number of hydrogen-bond acceptors (Lipinski definition) is 2. The average molecular weight is 303 g/mol. The van der Waals surface area contributed by atoms with Crippen LogP contribution < -0.4 is 0 Å². The molecule has 0 aliphatic carbocycles. The molecule has 0 saturated heterocycles. The van der Waals surface area contributed by atoms with Crippen LogP contribution in [0.5, 0.6) is 0 Å². The van der Waals surface area contributed by atoms with E-state index in [2.05, 4.69) is 5.16 Å². The highest BCUT2D eigenvalue weighted by molar-refractivity contribution is 5.73. The predicted octanol–water partition coefficient (Wildman–Crippen LogP) is 5.34. The standard InChI is InChI=1S/C17H12F3NO/c1-11-6-5-9-13(10-11)16-14(17(18,19)20)15(21-22-16)12-7-3-2-4-8-12/h2-10H,1H3. The molecule has 0 N–H and O–H groups in total. The molecule has 0 aliphatic heterocycles. The second-order valence-corrected chi connectivity index (χ2v) is 4.97. The molecule has 0 fully saturated rings. The van der Waals surface area contributed by atoms with Crippen molar-refractivity contribution in [2.45, 2.75) is 13.1 Å². The quantitative estimate of drug-likeness (QED) is 0.639. The molecule has 2 aromatic carbocycles. The van der Waals surface area contributed by atoms with E-state index in [1.807, 2.05) is 13.0 Å². The van der Waals surface area contributed by atoms with Gasteiger partial charge in [-0.2, -0.15) is 13.2 Å². The van der Waals surface area contributed by atoms with Gasteiger partial charge in [-0.05, 0) is 13.0 Å². The lowest BCUT2D eigenvalue weighted by Gasteiger charge is -2.08. The molecule has 112 valence electrons. The van der Waals surface area contributed by atoms with E-state index < -0.39 is 11.7 Å². The Balaban J connectivity index is 2.23. The van der Waals surface area contributed by atoms with Crippen LogP contribution in [0.25, 0.3) is 22.6 Å². The molecule has 0 saturated carbocycles. The zero-order valence-corrected chi connectivity index (χ0v) is 11.7. The van der Waals surface area contributed by atoms with E-state index in [-0.39, 0.29) is 11.5 Å². The summed E-state index contributed by atoms with van der Waals surface area (Å²) in [7, 11) is 0. The first-order valence-corrected chi connectivity index (χ1v) is 6.66. The first-order valence-electron chi connectivity index (χ1n) is 6.66. The molecule has 0 spiro atoms. The monoisotopic (exact) mass is 303 g/mol. The third-order valence-corrected chi connectivity index (χ3v) is 3.30. The van der Waals surface area contributed by atoms with E-state index in [9.17, 15) is 13.2 Å². The summed E-state index contributed by atoms with van der Waals surface area (Å²) in [6.07, 6.45) is -4.55. The Hall–Kier alpha value is -2.56. The molecule has 0 atom stereocenters. The minimum absolute atomic E-state index is 0.190. The maximum atomic E-state index is 13.5. The number of aryl methyl sites for hydroxylation is 1. The van der Waals surface area contributed by atoms with Gasteiger partial charge in [-0.1, -0.05) is 59.3 Å². The summed E-state index contributed by atoms with van der Waals surface area (Å²) in [4.78, 5) is 0. The van der Waals surface area contributed by atoms with Crippen molar-refractivity contribution in [1.29, 1.82) is 0 Å². The van der Waals surface area contributed by atoms with Crippen LogP contribution in [0.2, 0.25) is 0 Å². The van der Waals surface area contributed by atoms with Gasteiger partial charge in [0.25, 0.3) is 0 Å². The molecule has 1 heterocycles. The maximum absolute atomic E-state index is 13.5. The lowest BCUT2D eigenvalue weighted by Crippen LogP contribution is -2.07. The zero-order valence-electron chi connectivity index (χ0n) is 11.7. The maximum Gasteiger partial charge on any atom is 0.422 e. The fraction of sp³-hybridized carbons (Fsp3) is 0.118. The first kappa shape index (κ1) is 14.4. The second-order valence-electron chi connectivity index (χ2n) is 4.97. The van der Waals surface area contributed by atoms with Gasteiger partial charge in [0.15, 0.2) is 5.76 Å². The van der Waals surface area contributed by atoms with E-state index in [1.165, 1.54) is 0 Å². The largest absolute Gasteiger partial charge is 0.422 e. The minimum atomic E-state index is -4.55. The van der Waals surface area contributed by atoms with Crippen LogP contribution in [0.1, 0.15) is 11.1 Å². The minimum Gasteiger partial charge on any atom is -0.355 e. The van der Waals surface area contributed by atoms with Crippen molar-refractivity contribution in [2.75, 3.05) is 0 Å². The number of alkyl halides is 3. The van der Waals surface area contributed by atoms with E-state index in [0.717, 1.165) is 5.56 Å². The third-order valence-electron chi connectivity index (χ3n) is 3.30. The van der Waals surface area contributed by atoms with Gasteiger partial charge in [0.2, 0.25) is 0 Å². The van der Waals surface area contributed by atoms with E-state index in [1.54, 1.807) is 48.5 Å². The van der Waals surface area contributed by atoms with Gasteiger partial charge in [-0.15, -0.1) is 0 Å². The Kier molecular flexibility index (Phi) is 3.48. The predicted molar refractivity (Wildman–Crippen MR) is 77.1 cm³/mol. The SMILES string of the molecule is Cc1cccc(-c2onc(-c3ccccc3)c2C(F)(F)F)c1. The van der Waals surface area contributed by atoms with E-state index in [0.29, 0.717) is 11.1 Å². The van der Waals surface area contributed by atoms with Gasteiger partial charge in [0.1, 0.15) is 11.3 Å². The van der Waals surface area contributed by atoms with Gasteiger partial charge in [0, 0.05) is 11.1 Å². The Morgan fingerprint density at radius 1 is 0.909 bits per heavy atom. The summed E-state index contributed by atoms with van der Waals surface area (Å²) < 4.78 is 45.6. The van der Waals surface area contributed by atoms with Crippen molar-refractivity contribution in [3.63, 3.8) is 0 Å². The fourth-order valence-electron chi connectivity index (χ4n) is 2.33. The molecule has 0 unspecified atom stereocenters. The Morgan fingerprint density at radius 2 is 1.59 bits per heavy atom. The summed E-state index contributed by atoms with van der Waals surface area (Å²) in [6.45, 7) is 1.81. The lowest BCUT2D eigenvalue weighted by molar-refractivity contribution is -0.136. The van der Waals surface area contributed by atoms with Gasteiger partial charge in [-0.3, -0.25) is 0 Å². The van der Waals surface area contributed by atoms with Crippen LogP contribution in [-0.2, 0) is 6.18 Å². The molecular formula is C17H12F3NO. The summed E-state index contributed by atoms with van der Waals surface area (Å²) in [6, 6.07) is 14.9. The van der Waals surface area contributed by atoms with Gasteiger partial charge in [0.05, 0.1) is 0 Å². The van der Waals surface area contributed by atoms with Crippen molar-refractivity contribution < 1.29 is 17.7 Å². The average Bonchev–Trinajstić information content (AvgIpc) is 2.93. The number of benzene rings is 2. The molecule has 22 heavy (non-hydrogen) atoms. The highest BCUT2D eigenvalue weighted by atomic mass is 19.4. The fourth-order valence-corrected chi connectivity index (χ4v) is 2.33. The smallest absolute Gasteiger partial charge is 0.355 e. The molecule has 0 amide bonds. The summed E-state index contributed by atoms with van der Waals surface area (Å²) >= 11 is 0. The number of nitrogens with zero attached hydrogens (tertiary/aromatic N) is 1. The molecule has 3 rings (SSSR count). The zero-order chi connectivity index (χ0) is 15.7. The van der Waals surface area contributed by atoms with Crippen LogP contribution in [0, 0.1) is 6.92 Å². The molecule has 1 aromatic heterocycles. The van der Waals surface area contributed by atoms with Gasteiger partial charge >= 0.3 is 6.18 Å². The Bertz CT molecular complexity index is 791. The third kappa shape index (κ3) is 2.62. The normalized spacial score (nSPS) is 11.6. The van der Waals surface area contributed by atoms with Crippen LogP contribution >= 0.6 is 0 Å². The molecule has 5 heteroatoms. The Labute approximate surface area is 125 Å². The lowest BCUT2D eigenvalue weighted by atomic mass is 10.0.